The smallest absolute Gasteiger partial charge is 0.0609 e. The molecule has 0 fully saturated rings. The van der Waals surface area contributed by atoms with Gasteiger partial charge in [-0.2, -0.15) is 0 Å². The van der Waals surface area contributed by atoms with Gasteiger partial charge in [-0.25, -0.2) is 0 Å². The van der Waals surface area contributed by atoms with E-state index in [-0.39, 0.29) is 20.1 Å². The summed E-state index contributed by atoms with van der Waals surface area (Å²) in [5.74, 6) is 0. The predicted octanol–water partition coefficient (Wildman–Crippen LogP) is 2.90. The van der Waals surface area contributed by atoms with Crippen molar-refractivity contribution < 1.29 is 20.1 Å². The molecule has 2 aromatic heterocycles. The Morgan fingerprint density at radius 1 is 1.31 bits per heavy atom. The van der Waals surface area contributed by atoms with Crippen molar-refractivity contribution in [2.75, 3.05) is 0 Å². The van der Waals surface area contributed by atoms with Crippen LogP contribution in [0.4, 0.5) is 0 Å². The third-order valence-electron chi connectivity index (χ3n) is 2.68. The molecule has 0 amide bonds. The molecule has 0 aliphatic carbocycles. The third-order valence-corrected chi connectivity index (χ3v) is 2.68. The Balaban J connectivity index is 0.000000963. The Labute approximate surface area is 108 Å². The van der Waals surface area contributed by atoms with Crippen LogP contribution in [-0.4, -0.2) is 9.38 Å². The molecule has 83 valence electrons. The number of hydrogen-bond donors (Lipinski definition) is 0. The second-order valence-corrected chi connectivity index (χ2v) is 3.86. The molecule has 3 aromatic rings. The maximum absolute atomic E-state index is 4.53. The Morgan fingerprint density at radius 2 is 2.12 bits per heavy atom. The van der Waals surface area contributed by atoms with Gasteiger partial charge in [0.2, 0.25) is 0 Å². The molecule has 1 radical (unpaired) electrons. The van der Waals surface area contributed by atoms with Gasteiger partial charge in [0.1, 0.15) is 0 Å². The van der Waals surface area contributed by atoms with Crippen LogP contribution in [0.2, 0.25) is 0 Å². The van der Waals surface area contributed by atoms with Crippen molar-refractivity contribution in [1.29, 1.82) is 0 Å². The van der Waals surface area contributed by atoms with Gasteiger partial charge in [-0.1, -0.05) is 6.07 Å². The summed E-state index contributed by atoms with van der Waals surface area (Å²) >= 11 is 0. The standard InChI is InChI=1S/C13H11N2.Ir/c1-9-8-15-10(2)7-11-5-3-4-6-12(11)13(15)14-9;/h3-5,7-8H,1-2H3;/q-1;. The summed E-state index contributed by atoms with van der Waals surface area (Å²) < 4.78 is 2.12. The Hall–Kier alpha value is -1.18. The molecule has 0 aliphatic heterocycles. The van der Waals surface area contributed by atoms with Gasteiger partial charge in [0.25, 0.3) is 0 Å². The Morgan fingerprint density at radius 3 is 2.94 bits per heavy atom. The minimum Gasteiger partial charge on any atom is -0.344 e. The van der Waals surface area contributed by atoms with E-state index in [0.717, 1.165) is 16.7 Å². The fourth-order valence-corrected chi connectivity index (χ4v) is 2.00. The van der Waals surface area contributed by atoms with E-state index >= 15 is 0 Å². The monoisotopic (exact) mass is 388 g/mol. The van der Waals surface area contributed by atoms with Gasteiger partial charge in [-0.05, 0) is 13.8 Å². The van der Waals surface area contributed by atoms with E-state index in [9.17, 15) is 0 Å². The summed E-state index contributed by atoms with van der Waals surface area (Å²) in [5, 5.41) is 2.30. The third kappa shape index (κ3) is 1.57. The van der Waals surface area contributed by atoms with Crippen LogP contribution in [0.25, 0.3) is 16.4 Å². The van der Waals surface area contributed by atoms with Gasteiger partial charge >= 0.3 is 0 Å². The maximum Gasteiger partial charge on any atom is 0.0609 e. The first-order chi connectivity index (χ1) is 7.25. The minimum atomic E-state index is 0. The van der Waals surface area contributed by atoms with Crippen molar-refractivity contribution in [2.45, 2.75) is 13.8 Å². The number of aromatic nitrogens is 2. The Kier molecular flexibility index (Phi) is 2.83. The van der Waals surface area contributed by atoms with Gasteiger partial charge < -0.3 is 4.40 Å². The zero-order chi connectivity index (χ0) is 10.4. The molecule has 0 aliphatic rings. The summed E-state index contributed by atoms with van der Waals surface area (Å²) in [6, 6.07) is 11.5. The summed E-state index contributed by atoms with van der Waals surface area (Å²) in [6.07, 6.45) is 2.06. The van der Waals surface area contributed by atoms with Crippen molar-refractivity contribution in [2.24, 2.45) is 0 Å². The predicted molar refractivity (Wildman–Crippen MR) is 61.0 cm³/mol. The molecule has 0 saturated carbocycles. The second kappa shape index (κ2) is 4.00. The first kappa shape index (κ1) is 11.3. The van der Waals surface area contributed by atoms with Crippen LogP contribution in [0.15, 0.2) is 30.5 Å². The van der Waals surface area contributed by atoms with Crippen LogP contribution in [0.5, 0.6) is 0 Å². The second-order valence-electron chi connectivity index (χ2n) is 3.86. The zero-order valence-corrected chi connectivity index (χ0v) is 11.5. The first-order valence-corrected chi connectivity index (χ1v) is 5.01. The van der Waals surface area contributed by atoms with E-state index in [0.29, 0.717) is 0 Å². The van der Waals surface area contributed by atoms with Crippen molar-refractivity contribution in [3.63, 3.8) is 0 Å². The van der Waals surface area contributed by atoms with Crippen LogP contribution in [0.1, 0.15) is 11.4 Å². The summed E-state index contributed by atoms with van der Waals surface area (Å²) in [7, 11) is 0. The molecular weight excluding hydrogens is 376 g/mol. The topological polar surface area (TPSA) is 17.3 Å². The van der Waals surface area contributed by atoms with Crippen molar-refractivity contribution in [3.05, 3.63) is 47.9 Å². The van der Waals surface area contributed by atoms with E-state index in [1.165, 1.54) is 11.1 Å². The van der Waals surface area contributed by atoms with Crippen LogP contribution >= 0.6 is 0 Å². The first-order valence-electron chi connectivity index (χ1n) is 5.01. The number of hydrogen-bond acceptors (Lipinski definition) is 1. The number of benzene rings is 1. The summed E-state index contributed by atoms with van der Waals surface area (Å²) in [6.45, 7) is 4.11. The number of fused-ring (bicyclic) bond motifs is 3. The molecule has 1 aromatic carbocycles. The minimum absolute atomic E-state index is 0. The fourth-order valence-electron chi connectivity index (χ4n) is 2.00. The van der Waals surface area contributed by atoms with Crippen molar-refractivity contribution >= 4 is 16.4 Å². The van der Waals surface area contributed by atoms with Crippen molar-refractivity contribution in [3.8, 4) is 0 Å². The van der Waals surface area contributed by atoms with E-state index < -0.39 is 0 Å². The number of rotatable bonds is 0. The van der Waals surface area contributed by atoms with Gasteiger partial charge in [0.05, 0.1) is 5.65 Å². The normalized spacial score (nSPS) is 10.6. The number of pyridine rings is 1. The SMILES string of the molecule is Cc1cn2c(C)cc3ccc[c-]c3c2n1.[Ir]. The average molecular weight is 387 g/mol. The number of aryl methyl sites for hydroxylation is 2. The summed E-state index contributed by atoms with van der Waals surface area (Å²) in [5.41, 5.74) is 3.25. The quantitative estimate of drug-likeness (QED) is 0.542. The maximum atomic E-state index is 4.53. The van der Waals surface area contributed by atoms with Crippen molar-refractivity contribution in [1.82, 2.24) is 9.38 Å². The van der Waals surface area contributed by atoms with Gasteiger partial charge in [0, 0.05) is 37.7 Å². The fraction of sp³-hybridized carbons (Fsp3) is 0.154. The number of imidazole rings is 1. The summed E-state index contributed by atoms with van der Waals surface area (Å²) in [4.78, 5) is 4.53. The molecule has 0 unspecified atom stereocenters. The van der Waals surface area contributed by atoms with Gasteiger partial charge in [-0.3, -0.25) is 4.98 Å². The van der Waals surface area contributed by atoms with Crippen LogP contribution in [0.3, 0.4) is 0 Å². The molecule has 0 bridgehead atoms. The molecule has 2 nitrogen and oxygen atoms in total. The molecule has 3 heteroatoms. The van der Waals surface area contributed by atoms with Gasteiger partial charge in [-0.15, -0.1) is 35.0 Å². The molecule has 0 spiro atoms. The van der Waals surface area contributed by atoms with E-state index in [4.69, 9.17) is 0 Å². The molecule has 0 atom stereocenters. The van der Waals surface area contributed by atoms with Crippen LogP contribution in [0, 0.1) is 19.9 Å². The van der Waals surface area contributed by atoms with E-state index in [1.54, 1.807) is 0 Å². The molecular formula is C13H11IrN2-. The molecule has 0 N–H and O–H groups in total. The van der Waals surface area contributed by atoms with E-state index in [2.05, 4.69) is 40.7 Å². The van der Waals surface area contributed by atoms with Gasteiger partial charge in [0.15, 0.2) is 0 Å². The average Bonchev–Trinajstić information content (AvgIpc) is 2.61. The zero-order valence-electron chi connectivity index (χ0n) is 9.11. The van der Waals surface area contributed by atoms with Crippen LogP contribution < -0.4 is 0 Å². The van der Waals surface area contributed by atoms with Crippen LogP contribution in [-0.2, 0) is 20.1 Å². The number of nitrogens with zero attached hydrogens (tertiary/aromatic N) is 2. The largest absolute Gasteiger partial charge is 0.344 e. The molecule has 3 rings (SSSR count). The molecule has 16 heavy (non-hydrogen) atoms. The molecule has 0 saturated heterocycles. The Bertz CT molecular complexity index is 655. The molecule has 2 heterocycles. The van der Waals surface area contributed by atoms with E-state index in [1.807, 2.05) is 19.1 Å².